The summed E-state index contributed by atoms with van der Waals surface area (Å²) in [6.07, 6.45) is 0.661. The highest BCUT2D eigenvalue weighted by molar-refractivity contribution is 14.1. The van der Waals surface area contributed by atoms with E-state index in [4.69, 9.17) is 10.00 Å². The maximum absolute atomic E-state index is 13.5. The van der Waals surface area contributed by atoms with Crippen LogP contribution in [0.25, 0.3) is 0 Å². The average Bonchev–Trinajstić information content (AvgIpc) is 2.79. The molecule has 164 valence electrons. The highest BCUT2D eigenvalue weighted by Crippen LogP contribution is 2.25. The zero-order chi connectivity index (χ0) is 22.9. The minimum Gasteiger partial charge on any atom is -0.465 e. The minimum absolute atomic E-state index is 0.00365. The van der Waals surface area contributed by atoms with E-state index in [1.165, 1.54) is 12.1 Å². The fraction of sp³-hybridized carbons (Fsp3) is 0.318. The Kier molecular flexibility index (Phi) is 9.61. The fourth-order valence-corrected chi connectivity index (χ4v) is 5.06. The molecule has 0 aliphatic heterocycles. The van der Waals surface area contributed by atoms with Crippen LogP contribution in [-0.2, 0) is 35.3 Å². The van der Waals surface area contributed by atoms with Gasteiger partial charge in [-0.25, -0.2) is 8.42 Å². The Balaban J connectivity index is 2.52. The summed E-state index contributed by atoms with van der Waals surface area (Å²) in [6.45, 7) is 1.62. The number of nitriles is 1. The number of alkyl halides is 1. The van der Waals surface area contributed by atoms with Gasteiger partial charge >= 0.3 is 5.97 Å². The summed E-state index contributed by atoms with van der Waals surface area (Å²) in [5.41, 5.74) is 2.02. The second kappa shape index (κ2) is 11.9. The first-order valence-corrected chi connectivity index (χ1v) is 12.6. The molecule has 0 amide bonds. The third-order valence-electron chi connectivity index (χ3n) is 4.57. The van der Waals surface area contributed by atoms with Gasteiger partial charge < -0.3 is 9.53 Å². The Bertz CT molecular complexity index is 1030. The van der Waals surface area contributed by atoms with E-state index in [-0.39, 0.29) is 30.9 Å². The van der Waals surface area contributed by atoms with Crippen molar-refractivity contribution < 1.29 is 22.7 Å². The van der Waals surface area contributed by atoms with Crippen LogP contribution in [-0.4, -0.2) is 37.6 Å². The highest BCUT2D eigenvalue weighted by atomic mass is 127. The van der Waals surface area contributed by atoms with Gasteiger partial charge in [-0.3, -0.25) is 4.79 Å². The van der Waals surface area contributed by atoms with Gasteiger partial charge in [-0.1, -0.05) is 46.9 Å². The van der Waals surface area contributed by atoms with Crippen LogP contribution < -0.4 is 0 Å². The summed E-state index contributed by atoms with van der Waals surface area (Å²) in [5.74, 6) is -0.703. The second-order valence-corrected chi connectivity index (χ2v) is 9.30. The van der Waals surface area contributed by atoms with E-state index in [1.54, 1.807) is 43.3 Å². The van der Waals surface area contributed by atoms with E-state index in [0.717, 1.165) is 14.3 Å². The third kappa shape index (κ3) is 6.59. The van der Waals surface area contributed by atoms with E-state index in [2.05, 4.69) is 22.6 Å². The van der Waals surface area contributed by atoms with Gasteiger partial charge in [0, 0.05) is 17.4 Å². The molecule has 31 heavy (non-hydrogen) atoms. The smallest absolute Gasteiger partial charge is 0.324 e. The van der Waals surface area contributed by atoms with Gasteiger partial charge in [-0.05, 0) is 48.7 Å². The molecule has 0 aromatic heterocycles. The van der Waals surface area contributed by atoms with Gasteiger partial charge in [-0.15, -0.1) is 0 Å². The molecule has 0 bridgehead atoms. The molecule has 0 heterocycles. The molecular formula is C22H23IN2O5S. The van der Waals surface area contributed by atoms with Crippen LogP contribution >= 0.6 is 22.6 Å². The first-order chi connectivity index (χ1) is 14.9. The lowest BCUT2D eigenvalue weighted by molar-refractivity contribution is -0.148. The first kappa shape index (κ1) is 25.0. The summed E-state index contributed by atoms with van der Waals surface area (Å²) in [5, 5.41) is 9.00. The van der Waals surface area contributed by atoms with E-state index in [0.29, 0.717) is 17.4 Å². The number of ether oxygens (including phenoxy) is 1. The number of hydrogen-bond acceptors (Lipinski definition) is 6. The van der Waals surface area contributed by atoms with E-state index < -0.39 is 22.0 Å². The zero-order valence-electron chi connectivity index (χ0n) is 17.0. The molecule has 0 saturated heterocycles. The highest BCUT2D eigenvalue weighted by Gasteiger charge is 2.36. The van der Waals surface area contributed by atoms with Gasteiger partial charge in [0.1, 0.15) is 12.3 Å². The lowest BCUT2D eigenvalue weighted by Crippen LogP contribution is -2.45. The van der Waals surface area contributed by atoms with Crippen LogP contribution in [0.1, 0.15) is 36.5 Å². The van der Waals surface area contributed by atoms with Crippen LogP contribution in [0.5, 0.6) is 0 Å². The van der Waals surface area contributed by atoms with E-state index in [1.807, 2.05) is 6.07 Å². The zero-order valence-corrected chi connectivity index (χ0v) is 20.0. The van der Waals surface area contributed by atoms with Gasteiger partial charge in [0.05, 0.1) is 23.1 Å². The van der Waals surface area contributed by atoms with Crippen molar-refractivity contribution in [2.24, 2.45) is 0 Å². The van der Waals surface area contributed by atoms with Crippen molar-refractivity contribution in [3.8, 4) is 6.07 Å². The number of hydrogen-bond donors (Lipinski definition) is 0. The Morgan fingerprint density at radius 3 is 2.29 bits per heavy atom. The second-order valence-electron chi connectivity index (χ2n) is 6.65. The Morgan fingerprint density at radius 2 is 1.77 bits per heavy atom. The van der Waals surface area contributed by atoms with Crippen LogP contribution in [0.2, 0.25) is 0 Å². The molecule has 0 aliphatic rings. The summed E-state index contributed by atoms with van der Waals surface area (Å²) in [4.78, 5) is 23.7. The number of halogens is 1. The van der Waals surface area contributed by atoms with Gasteiger partial charge in [0.15, 0.2) is 0 Å². The van der Waals surface area contributed by atoms with Gasteiger partial charge in [0.25, 0.3) is 0 Å². The third-order valence-corrected chi connectivity index (χ3v) is 7.32. The molecule has 2 aromatic rings. The van der Waals surface area contributed by atoms with Crippen LogP contribution in [0.3, 0.4) is 0 Å². The number of rotatable bonds is 11. The molecule has 1 unspecified atom stereocenters. The standard InChI is InChI=1S/C22H23IN2O5S/c1-2-30-22(27)21(4-3-13-26)25(16-19-7-5-18(15-24)6-8-19)31(28,29)20-11-9-17(14-23)10-12-20/h5-13,21H,2-4,14,16H2,1H3. The van der Waals surface area contributed by atoms with Crippen LogP contribution in [0, 0.1) is 11.3 Å². The number of carbonyl (C=O) groups excluding carboxylic acids is 2. The van der Waals surface area contributed by atoms with E-state index in [9.17, 15) is 18.0 Å². The number of nitrogens with zero attached hydrogens (tertiary/aromatic N) is 2. The number of aldehydes is 1. The molecular weight excluding hydrogens is 531 g/mol. The molecule has 7 nitrogen and oxygen atoms in total. The van der Waals surface area contributed by atoms with Crippen LogP contribution in [0.4, 0.5) is 0 Å². The predicted molar refractivity (Wildman–Crippen MR) is 124 cm³/mol. The Labute approximate surface area is 196 Å². The maximum atomic E-state index is 13.5. The molecule has 0 spiro atoms. The monoisotopic (exact) mass is 554 g/mol. The topological polar surface area (TPSA) is 105 Å². The quantitative estimate of drug-likeness (QED) is 0.182. The SMILES string of the molecule is CCOC(=O)C(CCC=O)N(Cc1ccc(C#N)cc1)S(=O)(=O)c1ccc(CI)cc1. The van der Waals surface area contributed by atoms with Gasteiger partial charge in [-0.2, -0.15) is 9.57 Å². The van der Waals surface area contributed by atoms with Crippen molar-refractivity contribution in [2.75, 3.05) is 6.61 Å². The molecule has 9 heteroatoms. The molecule has 2 rings (SSSR count). The molecule has 0 fully saturated rings. The molecule has 0 N–H and O–H groups in total. The fourth-order valence-electron chi connectivity index (χ4n) is 2.96. The Hall–Kier alpha value is -2.29. The van der Waals surface area contributed by atoms with Gasteiger partial charge in [0.2, 0.25) is 10.0 Å². The number of carbonyl (C=O) groups is 2. The Morgan fingerprint density at radius 1 is 1.16 bits per heavy atom. The van der Waals surface area contributed by atoms with Crippen molar-refractivity contribution in [3.63, 3.8) is 0 Å². The number of sulfonamides is 1. The largest absolute Gasteiger partial charge is 0.465 e. The number of esters is 1. The summed E-state index contributed by atoms with van der Waals surface area (Å²) in [7, 11) is -4.08. The number of benzene rings is 2. The van der Waals surface area contributed by atoms with Crippen molar-refractivity contribution in [1.29, 1.82) is 5.26 Å². The van der Waals surface area contributed by atoms with E-state index >= 15 is 0 Å². The first-order valence-electron chi connectivity index (χ1n) is 9.63. The van der Waals surface area contributed by atoms with Crippen molar-refractivity contribution >= 4 is 44.9 Å². The van der Waals surface area contributed by atoms with Crippen molar-refractivity contribution in [2.45, 2.75) is 41.7 Å². The average molecular weight is 554 g/mol. The predicted octanol–water partition coefficient (Wildman–Crippen LogP) is 3.59. The normalized spacial score (nSPS) is 12.2. The van der Waals surface area contributed by atoms with Crippen molar-refractivity contribution in [1.82, 2.24) is 4.31 Å². The maximum Gasteiger partial charge on any atom is 0.324 e. The summed E-state index contributed by atoms with van der Waals surface area (Å²) < 4.78 is 34.0. The molecule has 2 aromatic carbocycles. The molecule has 0 saturated carbocycles. The molecule has 0 aliphatic carbocycles. The van der Waals surface area contributed by atoms with Crippen molar-refractivity contribution in [3.05, 3.63) is 65.2 Å². The summed E-state index contributed by atoms with van der Waals surface area (Å²) in [6, 6.07) is 13.8. The minimum atomic E-state index is -4.08. The molecule has 1 atom stereocenters. The lowest BCUT2D eigenvalue weighted by atomic mass is 10.1. The van der Waals surface area contributed by atoms with Crippen LogP contribution in [0.15, 0.2) is 53.4 Å². The lowest BCUT2D eigenvalue weighted by Gasteiger charge is -2.29. The molecule has 0 radical (unpaired) electrons. The summed E-state index contributed by atoms with van der Waals surface area (Å²) >= 11 is 2.19.